The van der Waals surface area contributed by atoms with Gasteiger partial charge in [-0.25, -0.2) is 0 Å². The average Bonchev–Trinajstić information content (AvgIpc) is 2.26. The maximum Gasteiger partial charge on any atom is 0.176 e. The summed E-state index contributed by atoms with van der Waals surface area (Å²) in [6, 6.07) is 6.16. The zero-order valence-electron chi connectivity index (χ0n) is 10.6. The molecule has 0 saturated carbocycles. The maximum absolute atomic E-state index is 11.8. The Morgan fingerprint density at radius 3 is 2.25 bits per heavy atom. The Balaban J connectivity index is 3.26. The van der Waals surface area contributed by atoms with Crippen molar-refractivity contribution in [2.75, 3.05) is 6.54 Å². The zero-order valence-corrected chi connectivity index (χ0v) is 10.6. The average molecular weight is 219 g/mol. The van der Waals surface area contributed by atoms with Crippen molar-refractivity contribution in [3.63, 3.8) is 0 Å². The van der Waals surface area contributed by atoms with Crippen LogP contribution in [-0.2, 0) is 0 Å². The molecule has 0 unspecified atom stereocenters. The highest BCUT2D eigenvalue weighted by Crippen LogP contribution is 2.24. The predicted molar refractivity (Wildman–Crippen MR) is 68.0 cm³/mol. The molecule has 0 radical (unpaired) electrons. The quantitative estimate of drug-likeness (QED) is 0.791. The van der Waals surface area contributed by atoms with Crippen LogP contribution in [0, 0.1) is 0 Å². The van der Waals surface area contributed by atoms with E-state index in [1.165, 1.54) is 5.56 Å². The fourth-order valence-corrected chi connectivity index (χ4v) is 1.79. The molecule has 2 N–H and O–H groups in total. The molecule has 0 heterocycles. The number of carbonyl (C=O) groups is 1. The molecule has 0 spiro atoms. The van der Waals surface area contributed by atoms with Crippen molar-refractivity contribution in [1.82, 2.24) is 0 Å². The van der Waals surface area contributed by atoms with Gasteiger partial charge in [0.15, 0.2) is 5.78 Å². The van der Waals surface area contributed by atoms with Crippen molar-refractivity contribution in [3.05, 3.63) is 34.9 Å². The van der Waals surface area contributed by atoms with Crippen molar-refractivity contribution in [2.45, 2.75) is 39.5 Å². The second-order valence-corrected chi connectivity index (χ2v) is 4.78. The fourth-order valence-electron chi connectivity index (χ4n) is 1.79. The fraction of sp³-hybridized carbons (Fsp3) is 0.500. The lowest BCUT2D eigenvalue weighted by Gasteiger charge is -2.14. The lowest BCUT2D eigenvalue weighted by atomic mass is 9.90. The van der Waals surface area contributed by atoms with E-state index in [1.807, 2.05) is 6.07 Å². The van der Waals surface area contributed by atoms with Crippen molar-refractivity contribution in [3.8, 4) is 0 Å². The summed E-state index contributed by atoms with van der Waals surface area (Å²) < 4.78 is 0. The van der Waals surface area contributed by atoms with E-state index in [4.69, 9.17) is 5.73 Å². The Hall–Kier alpha value is -1.15. The third-order valence-corrected chi connectivity index (χ3v) is 2.85. The van der Waals surface area contributed by atoms with Crippen LogP contribution in [0.3, 0.4) is 0 Å². The Morgan fingerprint density at radius 1 is 1.19 bits per heavy atom. The number of hydrogen-bond acceptors (Lipinski definition) is 2. The molecule has 16 heavy (non-hydrogen) atoms. The van der Waals surface area contributed by atoms with Gasteiger partial charge < -0.3 is 5.73 Å². The molecule has 0 aromatic heterocycles. The number of carbonyl (C=O) groups excluding carboxylic acids is 1. The van der Waals surface area contributed by atoms with E-state index >= 15 is 0 Å². The zero-order chi connectivity index (χ0) is 12.3. The summed E-state index contributed by atoms with van der Waals surface area (Å²) in [6.45, 7) is 8.53. The molecule has 1 aromatic carbocycles. The SMILES string of the molecule is CC(C)c1ccc(C(C)C)c(C(=O)CN)c1. The van der Waals surface area contributed by atoms with Crippen LogP contribution >= 0.6 is 0 Å². The second-order valence-electron chi connectivity index (χ2n) is 4.78. The lowest BCUT2D eigenvalue weighted by molar-refractivity contribution is 0.1000. The highest BCUT2D eigenvalue weighted by Gasteiger charge is 2.14. The number of Topliss-reactive ketones (excluding diaryl/α,β-unsaturated/α-hetero) is 1. The first kappa shape index (κ1) is 12.9. The minimum atomic E-state index is 0.0335. The van der Waals surface area contributed by atoms with Gasteiger partial charge >= 0.3 is 0 Å². The molecule has 0 atom stereocenters. The summed E-state index contributed by atoms with van der Waals surface area (Å²) in [4.78, 5) is 11.8. The standard InChI is InChI=1S/C14H21NO/c1-9(2)11-5-6-12(10(3)4)13(7-11)14(16)8-15/h5-7,9-10H,8,15H2,1-4H3. The van der Waals surface area contributed by atoms with Crippen LogP contribution in [0.15, 0.2) is 18.2 Å². The first-order valence-electron chi connectivity index (χ1n) is 5.84. The van der Waals surface area contributed by atoms with Crippen LogP contribution in [0.5, 0.6) is 0 Å². The van der Waals surface area contributed by atoms with Gasteiger partial charge in [-0.2, -0.15) is 0 Å². The first-order valence-corrected chi connectivity index (χ1v) is 5.84. The summed E-state index contributed by atoms with van der Waals surface area (Å²) in [5.74, 6) is 0.823. The molecular weight excluding hydrogens is 198 g/mol. The Labute approximate surface area is 97.9 Å². The Bertz CT molecular complexity index is 380. The Kier molecular flexibility index (Phi) is 4.25. The largest absolute Gasteiger partial charge is 0.324 e. The van der Waals surface area contributed by atoms with Crippen LogP contribution in [0.2, 0.25) is 0 Å². The van der Waals surface area contributed by atoms with E-state index in [9.17, 15) is 4.79 Å². The van der Waals surface area contributed by atoms with Crippen LogP contribution in [-0.4, -0.2) is 12.3 Å². The molecule has 0 aliphatic rings. The predicted octanol–water partition coefficient (Wildman–Crippen LogP) is 3.07. The molecular formula is C14H21NO. The molecule has 1 rings (SSSR count). The van der Waals surface area contributed by atoms with E-state index in [2.05, 4.69) is 39.8 Å². The third-order valence-electron chi connectivity index (χ3n) is 2.85. The van der Waals surface area contributed by atoms with E-state index < -0.39 is 0 Å². The Morgan fingerprint density at radius 2 is 1.81 bits per heavy atom. The number of rotatable bonds is 4. The smallest absolute Gasteiger partial charge is 0.176 e. The van der Waals surface area contributed by atoms with Crippen molar-refractivity contribution >= 4 is 5.78 Å². The van der Waals surface area contributed by atoms with Gasteiger partial charge in [0, 0.05) is 5.56 Å². The van der Waals surface area contributed by atoms with Gasteiger partial charge in [0.25, 0.3) is 0 Å². The number of nitrogens with two attached hydrogens (primary N) is 1. The van der Waals surface area contributed by atoms with Crippen LogP contribution in [0.4, 0.5) is 0 Å². The van der Waals surface area contributed by atoms with E-state index in [1.54, 1.807) is 0 Å². The van der Waals surface area contributed by atoms with E-state index in [0.29, 0.717) is 11.8 Å². The van der Waals surface area contributed by atoms with Crippen LogP contribution in [0.1, 0.15) is 61.0 Å². The summed E-state index contributed by atoms with van der Waals surface area (Å²) in [5.41, 5.74) is 8.54. The minimum Gasteiger partial charge on any atom is -0.324 e. The van der Waals surface area contributed by atoms with Crippen molar-refractivity contribution in [2.24, 2.45) is 5.73 Å². The van der Waals surface area contributed by atoms with Crippen molar-refractivity contribution in [1.29, 1.82) is 0 Å². The van der Waals surface area contributed by atoms with E-state index in [0.717, 1.165) is 11.1 Å². The lowest BCUT2D eigenvalue weighted by Crippen LogP contribution is -2.16. The summed E-state index contributed by atoms with van der Waals surface area (Å²) in [7, 11) is 0. The van der Waals surface area contributed by atoms with Gasteiger partial charge in [0.1, 0.15) is 0 Å². The second kappa shape index (κ2) is 5.26. The number of benzene rings is 1. The monoisotopic (exact) mass is 219 g/mol. The molecule has 0 fully saturated rings. The first-order chi connectivity index (χ1) is 7.47. The summed E-state index contributed by atoms with van der Waals surface area (Å²) in [6.07, 6.45) is 0. The van der Waals surface area contributed by atoms with Gasteiger partial charge in [-0.05, 0) is 29.0 Å². The minimum absolute atomic E-state index is 0.0335. The molecule has 0 amide bonds. The van der Waals surface area contributed by atoms with Crippen LogP contribution < -0.4 is 5.73 Å². The molecule has 1 aromatic rings. The van der Waals surface area contributed by atoms with Gasteiger partial charge in [0.05, 0.1) is 6.54 Å². The molecule has 2 heteroatoms. The highest BCUT2D eigenvalue weighted by molar-refractivity contribution is 5.99. The van der Waals surface area contributed by atoms with Gasteiger partial charge in [-0.15, -0.1) is 0 Å². The molecule has 0 aliphatic carbocycles. The van der Waals surface area contributed by atoms with Gasteiger partial charge in [0.2, 0.25) is 0 Å². The van der Waals surface area contributed by atoms with Crippen LogP contribution in [0.25, 0.3) is 0 Å². The molecule has 0 aliphatic heterocycles. The van der Waals surface area contributed by atoms with E-state index in [-0.39, 0.29) is 12.3 Å². The highest BCUT2D eigenvalue weighted by atomic mass is 16.1. The third kappa shape index (κ3) is 2.70. The topological polar surface area (TPSA) is 43.1 Å². The van der Waals surface area contributed by atoms with Gasteiger partial charge in [-0.1, -0.05) is 39.8 Å². The molecule has 0 bridgehead atoms. The van der Waals surface area contributed by atoms with Crippen molar-refractivity contribution < 1.29 is 4.79 Å². The molecule has 0 saturated heterocycles. The summed E-state index contributed by atoms with van der Waals surface area (Å²) in [5, 5.41) is 0. The number of ketones is 1. The summed E-state index contributed by atoms with van der Waals surface area (Å²) >= 11 is 0. The number of hydrogen-bond donors (Lipinski definition) is 1. The maximum atomic E-state index is 11.8. The molecule has 2 nitrogen and oxygen atoms in total. The molecule has 88 valence electrons. The normalized spacial score (nSPS) is 11.2. The van der Waals surface area contributed by atoms with Gasteiger partial charge in [-0.3, -0.25) is 4.79 Å².